The fourth-order valence-electron chi connectivity index (χ4n) is 3.28. The molecule has 1 unspecified atom stereocenters. The highest BCUT2D eigenvalue weighted by Crippen LogP contribution is 2.46. The molecule has 2 aromatic rings. The van der Waals surface area contributed by atoms with E-state index in [1.807, 2.05) is 6.92 Å². The zero-order valence-corrected chi connectivity index (χ0v) is 23.6. The van der Waals surface area contributed by atoms with E-state index in [0.29, 0.717) is 18.6 Å². The number of esters is 1. The molecule has 5 atom stereocenters. The van der Waals surface area contributed by atoms with Crippen LogP contribution < -0.4 is 20.9 Å². The molecule has 2 rings (SSSR count). The van der Waals surface area contributed by atoms with Gasteiger partial charge in [0.25, 0.3) is 5.56 Å². The molecule has 214 valence electrons. The number of carbonyl (C=O) groups excluding carboxylic acids is 1. The maximum atomic E-state index is 12.8. The minimum atomic E-state index is -3.52. The third kappa shape index (κ3) is 10.3. The normalized spacial score (nSPS) is 15.9. The van der Waals surface area contributed by atoms with Crippen molar-refractivity contribution in [1.82, 2.24) is 14.6 Å². The largest absolute Gasteiger partial charge is 0.462 e. The van der Waals surface area contributed by atoms with Gasteiger partial charge in [-0.3, -0.25) is 19.1 Å². The first-order valence-corrected chi connectivity index (χ1v) is 14.8. The van der Waals surface area contributed by atoms with Crippen LogP contribution in [0.5, 0.6) is 5.75 Å². The minimum Gasteiger partial charge on any atom is -0.462 e. The van der Waals surface area contributed by atoms with Crippen molar-refractivity contribution in [3.8, 4) is 18.1 Å². The van der Waals surface area contributed by atoms with Crippen molar-refractivity contribution < 1.29 is 33.5 Å². The van der Waals surface area contributed by atoms with E-state index in [1.165, 1.54) is 0 Å². The standard InChI is InChI=1S/C25H34N3O9PS/c1-5-10-19(24(32)35-17(3)4)27-38(39,37-18-11-8-7-9-12-18)34-16-21(20(30)6-2)36-23(15-29)28-14-13-22(31)26-25(28)33/h2,7-9,11-14,17,19-21,23,29-30H,5,10,15-16H2,1,3-4H3,(H,27,39)(H,26,31,33)/t19-,20-,21+,23+,38?/m0/s1. The molecule has 0 aliphatic carbocycles. The highest BCUT2D eigenvalue weighted by atomic mass is 32.5. The Morgan fingerprint density at radius 3 is 2.51 bits per heavy atom. The van der Waals surface area contributed by atoms with Gasteiger partial charge in [-0.15, -0.1) is 6.42 Å². The molecule has 0 spiro atoms. The topological polar surface area (TPSA) is 161 Å². The maximum absolute atomic E-state index is 12.8. The molecule has 0 radical (unpaired) electrons. The van der Waals surface area contributed by atoms with Crippen LogP contribution >= 0.6 is 6.64 Å². The molecule has 0 saturated heterocycles. The van der Waals surface area contributed by atoms with Crippen LogP contribution in [0.1, 0.15) is 39.8 Å². The van der Waals surface area contributed by atoms with Gasteiger partial charge in [-0.25, -0.2) is 9.88 Å². The molecule has 4 N–H and O–H groups in total. The summed E-state index contributed by atoms with van der Waals surface area (Å²) < 4.78 is 24.0. The third-order valence-corrected chi connectivity index (χ3v) is 7.50. The van der Waals surface area contributed by atoms with Gasteiger partial charge >= 0.3 is 18.3 Å². The fourth-order valence-corrected chi connectivity index (χ4v) is 5.64. The number of H-pyrrole nitrogens is 1. The number of hydrogen-bond donors (Lipinski definition) is 4. The number of aliphatic hydroxyl groups is 2. The number of para-hydroxylation sites is 1. The molecule has 0 bridgehead atoms. The second-order valence-electron chi connectivity index (χ2n) is 8.59. The van der Waals surface area contributed by atoms with Gasteiger partial charge in [0.05, 0.1) is 19.3 Å². The number of hydrogen-bond acceptors (Lipinski definition) is 10. The Kier molecular flexibility index (Phi) is 13.0. The molecular weight excluding hydrogens is 549 g/mol. The van der Waals surface area contributed by atoms with Crippen LogP contribution in [-0.4, -0.2) is 63.3 Å². The number of aromatic amines is 1. The molecule has 0 amide bonds. The summed E-state index contributed by atoms with van der Waals surface area (Å²) in [5, 5.41) is 23.3. The van der Waals surface area contributed by atoms with Gasteiger partial charge in [0, 0.05) is 12.3 Å². The summed E-state index contributed by atoms with van der Waals surface area (Å²) in [6.07, 6.45) is 2.99. The van der Waals surface area contributed by atoms with Crippen LogP contribution in [0.3, 0.4) is 0 Å². The van der Waals surface area contributed by atoms with Crippen molar-refractivity contribution in [2.45, 2.75) is 64.2 Å². The van der Waals surface area contributed by atoms with Crippen molar-refractivity contribution in [3.05, 3.63) is 63.4 Å². The van der Waals surface area contributed by atoms with Crippen LogP contribution in [-0.2, 0) is 30.6 Å². The van der Waals surface area contributed by atoms with Crippen molar-refractivity contribution in [2.24, 2.45) is 0 Å². The van der Waals surface area contributed by atoms with E-state index in [9.17, 15) is 24.6 Å². The second-order valence-corrected chi connectivity index (χ2v) is 11.7. The van der Waals surface area contributed by atoms with Gasteiger partial charge in [-0.2, -0.15) is 0 Å². The molecule has 1 aromatic carbocycles. The fraction of sp³-hybridized carbons (Fsp3) is 0.480. The number of ether oxygens (including phenoxy) is 2. The lowest BCUT2D eigenvalue weighted by atomic mass is 10.2. The maximum Gasteiger partial charge on any atom is 0.330 e. The van der Waals surface area contributed by atoms with Gasteiger partial charge < -0.3 is 28.7 Å². The predicted octanol–water partition coefficient (Wildman–Crippen LogP) is 1.44. The van der Waals surface area contributed by atoms with Crippen molar-refractivity contribution in [3.63, 3.8) is 0 Å². The monoisotopic (exact) mass is 583 g/mol. The Balaban J connectivity index is 2.34. The summed E-state index contributed by atoms with van der Waals surface area (Å²) in [6.45, 7) is 0.663. The van der Waals surface area contributed by atoms with Crippen molar-refractivity contribution in [1.29, 1.82) is 0 Å². The van der Waals surface area contributed by atoms with Gasteiger partial charge in [0.1, 0.15) is 24.0 Å². The summed E-state index contributed by atoms with van der Waals surface area (Å²) in [5.41, 5.74) is -1.49. The Morgan fingerprint density at radius 2 is 1.95 bits per heavy atom. The third-order valence-electron chi connectivity index (χ3n) is 5.08. The van der Waals surface area contributed by atoms with Gasteiger partial charge in [-0.05, 0) is 44.2 Å². The average molecular weight is 584 g/mol. The van der Waals surface area contributed by atoms with Gasteiger partial charge in [0.15, 0.2) is 6.23 Å². The number of benzene rings is 1. The summed E-state index contributed by atoms with van der Waals surface area (Å²) in [5.74, 6) is 1.96. The lowest BCUT2D eigenvalue weighted by Gasteiger charge is -2.31. The molecule has 14 heteroatoms. The quantitative estimate of drug-likeness (QED) is 0.129. The Hall–Kier alpha value is -2.82. The van der Waals surface area contributed by atoms with Gasteiger partial charge in [-0.1, -0.05) is 37.5 Å². The molecule has 0 fully saturated rings. The van der Waals surface area contributed by atoms with E-state index in [2.05, 4.69) is 16.0 Å². The lowest BCUT2D eigenvalue weighted by Crippen LogP contribution is -2.41. The SMILES string of the molecule is C#C[C@H](O)[C@@H](COP(=S)(N[C@@H](CCC)C(=O)OC(C)C)Oc1ccccc1)O[C@H](CO)n1ccc(=O)[nH]c1=O. The Morgan fingerprint density at radius 1 is 1.26 bits per heavy atom. The summed E-state index contributed by atoms with van der Waals surface area (Å²) in [7, 11) is 0. The first kappa shape index (κ1) is 32.4. The summed E-state index contributed by atoms with van der Waals surface area (Å²) in [6, 6.07) is 8.77. The summed E-state index contributed by atoms with van der Waals surface area (Å²) in [4.78, 5) is 38.4. The molecule has 0 saturated carbocycles. The number of nitrogens with zero attached hydrogens (tertiary/aromatic N) is 1. The van der Waals surface area contributed by atoms with Crippen LogP contribution in [0, 0.1) is 12.3 Å². The Labute approximate surface area is 231 Å². The molecule has 1 aromatic heterocycles. The highest BCUT2D eigenvalue weighted by Gasteiger charge is 2.33. The van der Waals surface area contributed by atoms with Crippen LogP contribution in [0.4, 0.5) is 0 Å². The zero-order chi connectivity index (χ0) is 29.0. The lowest BCUT2D eigenvalue weighted by molar-refractivity contribution is -0.149. The van der Waals surface area contributed by atoms with E-state index >= 15 is 0 Å². The first-order chi connectivity index (χ1) is 18.5. The zero-order valence-electron chi connectivity index (χ0n) is 21.9. The predicted molar refractivity (Wildman–Crippen MR) is 148 cm³/mol. The number of aromatic nitrogens is 2. The van der Waals surface area contributed by atoms with Crippen LogP contribution in [0.15, 0.2) is 52.2 Å². The molecule has 0 aliphatic rings. The number of nitrogens with one attached hydrogen (secondary N) is 2. The van der Waals surface area contributed by atoms with Gasteiger partial charge in [0.2, 0.25) is 0 Å². The molecule has 39 heavy (non-hydrogen) atoms. The van der Waals surface area contributed by atoms with E-state index < -0.39 is 61.6 Å². The summed E-state index contributed by atoms with van der Waals surface area (Å²) >= 11 is 5.73. The van der Waals surface area contributed by atoms with E-state index in [4.69, 9.17) is 36.8 Å². The number of terminal acetylenes is 1. The average Bonchev–Trinajstić information content (AvgIpc) is 2.89. The number of aliphatic hydroxyl groups excluding tert-OH is 2. The smallest absolute Gasteiger partial charge is 0.330 e. The van der Waals surface area contributed by atoms with E-state index in [1.54, 1.807) is 44.2 Å². The highest BCUT2D eigenvalue weighted by molar-refractivity contribution is 8.09. The molecule has 0 aliphatic heterocycles. The van der Waals surface area contributed by atoms with Crippen molar-refractivity contribution in [2.75, 3.05) is 13.2 Å². The van der Waals surface area contributed by atoms with Crippen molar-refractivity contribution >= 4 is 24.4 Å². The minimum absolute atomic E-state index is 0.359. The second kappa shape index (κ2) is 15.7. The van der Waals surface area contributed by atoms with E-state index in [0.717, 1.165) is 16.8 Å². The van der Waals surface area contributed by atoms with Crippen LogP contribution in [0.2, 0.25) is 0 Å². The number of rotatable bonds is 16. The Bertz CT molecular complexity index is 1260. The van der Waals surface area contributed by atoms with E-state index in [-0.39, 0.29) is 6.10 Å². The molecule has 1 heterocycles. The first-order valence-electron chi connectivity index (χ1n) is 12.2. The number of carbonyl (C=O) groups is 1. The molecule has 12 nitrogen and oxygen atoms in total. The van der Waals surface area contributed by atoms with Crippen LogP contribution in [0.25, 0.3) is 0 Å². The molecular formula is C25H34N3O9PS.